The Hall–Kier alpha value is -2.35. The third-order valence-electron chi connectivity index (χ3n) is 6.64. The van der Waals surface area contributed by atoms with Crippen LogP contribution in [0.5, 0.6) is 0 Å². The molecular weight excluding hydrogens is 368 g/mol. The second kappa shape index (κ2) is 8.57. The van der Waals surface area contributed by atoms with Gasteiger partial charge in [0.05, 0.1) is 6.61 Å². The number of guanidine groups is 1. The molecule has 0 bridgehead atoms. The van der Waals surface area contributed by atoms with Crippen molar-refractivity contribution >= 4 is 17.7 Å². The van der Waals surface area contributed by atoms with Crippen molar-refractivity contribution in [2.24, 2.45) is 22.1 Å². The highest BCUT2D eigenvalue weighted by Gasteiger charge is 2.42. The quantitative estimate of drug-likeness (QED) is 0.578. The zero-order chi connectivity index (χ0) is 20.3. The molecule has 0 aliphatic carbocycles. The fourth-order valence-corrected chi connectivity index (χ4v) is 4.82. The second-order valence-corrected chi connectivity index (χ2v) is 8.52. The van der Waals surface area contributed by atoms with Gasteiger partial charge in [0.25, 0.3) is 0 Å². The lowest BCUT2D eigenvalue weighted by Crippen LogP contribution is -2.42. The van der Waals surface area contributed by atoms with Gasteiger partial charge < -0.3 is 25.6 Å². The van der Waals surface area contributed by atoms with E-state index in [1.54, 1.807) is 0 Å². The van der Waals surface area contributed by atoms with Gasteiger partial charge in [-0.25, -0.2) is 4.98 Å². The Morgan fingerprint density at radius 3 is 2.90 bits per heavy atom. The first-order valence-electron chi connectivity index (χ1n) is 10.6. The van der Waals surface area contributed by atoms with E-state index in [9.17, 15) is 4.79 Å². The number of nitrogens with zero attached hydrogens (tertiary/aromatic N) is 4. The van der Waals surface area contributed by atoms with Crippen LogP contribution in [0.2, 0.25) is 0 Å². The Balaban J connectivity index is 1.38. The predicted octanol–water partition coefficient (Wildman–Crippen LogP) is 0.971. The number of piperidine rings is 1. The number of anilines is 1. The minimum Gasteiger partial charge on any atom is -0.381 e. The van der Waals surface area contributed by atoms with E-state index in [1.807, 2.05) is 19.3 Å². The van der Waals surface area contributed by atoms with E-state index in [1.165, 1.54) is 6.42 Å². The fourth-order valence-electron chi connectivity index (χ4n) is 4.82. The van der Waals surface area contributed by atoms with Crippen LogP contribution in [-0.4, -0.2) is 68.2 Å². The summed E-state index contributed by atoms with van der Waals surface area (Å²) in [4.78, 5) is 25.2. The summed E-state index contributed by atoms with van der Waals surface area (Å²) in [6.45, 7) is 6.06. The smallest absolute Gasteiger partial charge is 0.220 e. The maximum absolute atomic E-state index is 11.4. The average molecular weight is 401 g/mol. The van der Waals surface area contributed by atoms with Crippen molar-refractivity contribution in [1.82, 2.24) is 15.2 Å². The maximum atomic E-state index is 11.4. The molecule has 1 aromatic heterocycles. The summed E-state index contributed by atoms with van der Waals surface area (Å²) >= 11 is 0. The number of primary amides is 1. The van der Waals surface area contributed by atoms with Crippen LogP contribution in [0.3, 0.4) is 0 Å². The number of nitrogens with two attached hydrogens (primary N) is 1. The van der Waals surface area contributed by atoms with Crippen molar-refractivity contribution in [1.29, 1.82) is 0 Å². The molecule has 1 unspecified atom stereocenters. The number of hydrogen-bond acceptors (Lipinski definition) is 5. The summed E-state index contributed by atoms with van der Waals surface area (Å²) in [5, 5.41) is 3.53. The van der Waals surface area contributed by atoms with E-state index in [0.29, 0.717) is 12.0 Å². The number of aliphatic imine (C=N–C) groups is 1. The number of rotatable bonds is 4. The SMILES string of the molecule is CN=C(NCc1cccnc1N1CCC(C(N)=O)CC1)N1CCC2(CCOC2)C1. The molecule has 0 saturated carbocycles. The number of aromatic nitrogens is 1. The molecule has 3 N–H and O–H groups in total. The van der Waals surface area contributed by atoms with Gasteiger partial charge in [0.2, 0.25) is 5.91 Å². The molecule has 158 valence electrons. The van der Waals surface area contributed by atoms with E-state index in [2.05, 4.69) is 31.2 Å². The van der Waals surface area contributed by atoms with Crippen molar-refractivity contribution in [2.45, 2.75) is 32.2 Å². The van der Waals surface area contributed by atoms with Gasteiger partial charge in [-0.3, -0.25) is 9.79 Å². The van der Waals surface area contributed by atoms with E-state index in [-0.39, 0.29) is 11.8 Å². The molecular formula is C21H32N6O2. The number of hydrogen-bond donors (Lipinski definition) is 2. The van der Waals surface area contributed by atoms with Gasteiger partial charge in [-0.15, -0.1) is 0 Å². The Kier molecular flexibility index (Phi) is 5.89. The van der Waals surface area contributed by atoms with Crippen LogP contribution >= 0.6 is 0 Å². The number of carbonyl (C=O) groups is 1. The first kappa shape index (κ1) is 19.9. The molecule has 8 nitrogen and oxygen atoms in total. The molecule has 8 heteroatoms. The molecule has 0 aromatic carbocycles. The van der Waals surface area contributed by atoms with Gasteiger partial charge in [-0.05, 0) is 31.7 Å². The van der Waals surface area contributed by atoms with E-state index in [4.69, 9.17) is 10.5 Å². The Labute approximate surface area is 172 Å². The summed E-state index contributed by atoms with van der Waals surface area (Å²) in [6.07, 6.45) is 5.73. The zero-order valence-corrected chi connectivity index (χ0v) is 17.3. The van der Waals surface area contributed by atoms with E-state index >= 15 is 0 Å². The van der Waals surface area contributed by atoms with Crippen LogP contribution in [0.4, 0.5) is 5.82 Å². The third-order valence-corrected chi connectivity index (χ3v) is 6.64. The monoisotopic (exact) mass is 400 g/mol. The maximum Gasteiger partial charge on any atom is 0.220 e. The standard InChI is InChI=1S/C21H32N6O2/c1-23-20(27-11-6-21(14-27)7-12-29-15-21)25-13-17-3-2-8-24-19(17)26-9-4-16(5-10-26)18(22)28/h2-3,8,16H,4-7,9-15H2,1H3,(H2,22,28)(H,23,25). The van der Waals surface area contributed by atoms with Gasteiger partial charge in [-0.2, -0.15) is 0 Å². The summed E-state index contributed by atoms with van der Waals surface area (Å²) in [5.74, 6) is 1.72. The number of likely N-dealkylation sites (tertiary alicyclic amines) is 1. The highest BCUT2D eigenvalue weighted by molar-refractivity contribution is 5.80. The van der Waals surface area contributed by atoms with Crippen LogP contribution in [0.1, 0.15) is 31.2 Å². The third kappa shape index (κ3) is 4.32. The molecule has 3 aliphatic heterocycles. The van der Waals surface area contributed by atoms with Crippen molar-refractivity contribution in [3.8, 4) is 0 Å². The van der Waals surface area contributed by atoms with E-state index in [0.717, 1.165) is 76.0 Å². The molecule has 1 atom stereocenters. The molecule has 1 aromatic rings. The molecule has 1 amide bonds. The molecule has 3 fully saturated rings. The fraction of sp³-hybridized carbons (Fsp3) is 0.667. The topological polar surface area (TPSA) is 96.1 Å². The molecule has 3 aliphatic rings. The highest BCUT2D eigenvalue weighted by atomic mass is 16.5. The van der Waals surface area contributed by atoms with Crippen LogP contribution in [-0.2, 0) is 16.1 Å². The zero-order valence-electron chi connectivity index (χ0n) is 17.3. The van der Waals surface area contributed by atoms with Gasteiger partial charge in [0, 0.05) is 69.5 Å². The number of ether oxygens (including phenoxy) is 1. The van der Waals surface area contributed by atoms with Gasteiger partial charge >= 0.3 is 0 Å². The van der Waals surface area contributed by atoms with Crippen molar-refractivity contribution in [2.75, 3.05) is 51.3 Å². The number of carbonyl (C=O) groups excluding carboxylic acids is 1. The van der Waals surface area contributed by atoms with Crippen LogP contribution in [0.15, 0.2) is 23.3 Å². The summed E-state index contributed by atoms with van der Waals surface area (Å²) in [7, 11) is 1.84. The Morgan fingerprint density at radius 2 is 2.21 bits per heavy atom. The summed E-state index contributed by atoms with van der Waals surface area (Å²) < 4.78 is 5.65. The molecule has 1 spiro atoms. The normalized spacial score (nSPS) is 25.8. The van der Waals surface area contributed by atoms with Crippen molar-refractivity contribution in [3.05, 3.63) is 23.9 Å². The predicted molar refractivity (Wildman–Crippen MR) is 113 cm³/mol. The number of nitrogens with one attached hydrogen (secondary N) is 1. The highest BCUT2D eigenvalue weighted by Crippen LogP contribution is 2.38. The summed E-state index contributed by atoms with van der Waals surface area (Å²) in [6, 6.07) is 4.08. The minimum atomic E-state index is -0.188. The summed E-state index contributed by atoms with van der Waals surface area (Å²) in [5.41, 5.74) is 6.92. The van der Waals surface area contributed by atoms with Gasteiger partial charge in [0.15, 0.2) is 5.96 Å². The second-order valence-electron chi connectivity index (χ2n) is 8.52. The molecule has 0 radical (unpaired) electrons. The van der Waals surface area contributed by atoms with E-state index < -0.39 is 0 Å². The average Bonchev–Trinajstić information content (AvgIpc) is 3.39. The number of amides is 1. The van der Waals surface area contributed by atoms with Crippen LogP contribution in [0.25, 0.3) is 0 Å². The van der Waals surface area contributed by atoms with Crippen molar-refractivity contribution < 1.29 is 9.53 Å². The van der Waals surface area contributed by atoms with Crippen molar-refractivity contribution in [3.63, 3.8) is 0 Å². The molecule has 3 saturated heterocycles. The lowest BCUT2D eigenvalue weighted by molar-refractivity contribution is -0.122. The molecule has 4 heterocycles. The van der Waals surface area contributed by atoms with Gasteiger partial charge in [0.1, 0.15) is 5.82 Å². The lowest BCUT2D eigenvalue weighted by atomic mass is 9.87. The Bertz CT molecular complexity index is 753. The first-order chi connectivity index (χ1) is 14.1. The van der Waals surface area contributed by atoms with Gasteiger partial charge in [-0.1, -0.05) is 6.07 Å². The largest absolute Gasteiger partial charge is 0.381 e. The lowest BCUT2D eigenvalue weighted by Gasteiger charge is -2.33. The minimum absolute atomic E-state index is 0.0163. The molecule has 4 rings (SSSR count). The van der Waals surface area contributed by atoms with Crippen LogP contribution < -0.4 is 16.0 Å². The van der Waals surface area contributed by atoms with Crippen LogP contribution in [0, 0.1) is 11.3 Å². The Morgan fingerprint density at radius 1 is 1.38 bits per heavy atom. The molecule has 29 heavy (non-hydrogen) atoms. The first-order valence-corrected chi connectivity index (χ1v) is 10.6. The number of pyridine rings is 1.